The van der Waals surface area contributed by atoms with Gasteiger partial charge in [0.25, 0.3) is 0 Å². The lowest BCUT2D eigenvalue weighted by Gasteiger charge is -2.24. The molecule has 0 aromatic heterocycles. The Labute approximate surface area is 140 Å². The molecule has 2 N–H and O–H groups in total. The van der Waals surface area contributed by atoms with Crippen LogP contribution in [0, 0.1) is 10.4 Å². The summed E-state index contributed by atoms with van der Waals surface area (Å²) in [5, 5.41) is 38.3. The second kappa shape index (κ2) is 6.49. The molecule has 0 atom stereocenters. The van der Waals surface area contributed by atoms with Crippen LogP contribution in [-0.4, -0.2) is 18.8 Å². The second-order valence-electron chi connectivity index (χ2n) is 4.28. The first-order valence-electron chi connectivity index (χ1n) is 5.81. The molecule has 0 unspecified atom stereocenters. The van der Waals surface area contributed by atoms with Gasteiger partial charge in [0.2, 0.25) is 9.84 Å². The van der Waals surface area contributed by atoms with Crippen LogP contribution in [0.15, 0.2) is 46.2 Å². The molecule has 2 aromatic rings. The topological polar surface area (TPSA) is 127 Å². The van der Waals surface area contributed by atoms with E-state index < -0.39 is 31.7 Å². The van der Waals surface area contributed by atoms with Gasteiger partial charge in [-0.3, -0.25) is 10.4 Å². The summed E-state index contributed by atoms with van der Waals surface area (Å²) >= 11 is 11.4. The van der Waals surface area contributed by atoms with Crippen LogP contribution in [-0.2, 0) is 9.84 Å². The molecule has 11 heteroatoms. The molecular weight excluding hydrogens is 371 g/mol. The number of hydrogen-bond donors (Lipinski definition) is 2. The zero-order valence-corrected chi connectivity index (χ0v) is 13.4. The van der Waals surface area contributed by atoms with E-state index in [1.807, 2.05) is 0 Å². The number of sulfone groups is 1. The quantitative estimate of drug-likeness (QED) is 0.776. The molecule has 124 valence electrons. The Bertz CT molecular complexity index is 778. The third-order valence-electron chi connectivity index (χ3n) is 2.87. The molecule has 2 aromatic carbocycles. The Hall–Kier alpha value is -1.59. The van der Waals surface area contributed by atoms with Gasteiger partial charge in [0.15, 0.2) is 0 Å². The molecule has 8 nitrogen and oxygen atoms in total. The van der Waals surface area contributed by atoms with E-state index >= 15 is 0 Å². The van der Waals surface area contributed by atoms with Crippen molar-refractivity contribution in [3.8, 4) is 0 Å². The number of halogens is 2. The number of benzene rings is 2. The molecule has 2 rings (SSSR count). The fourth-order valence-corrected chi connectivity index (χ4v) is 3.43. The minimum absolute atomic E-state index is 0.153. The predicted octanol–water partition coefficient (Wildman–Crippen LogP) is 3.21. The van der Waals surface area contributed by atoms with Crippen molar-refractivity contribution in [2.45, 2.75) is 9.79 Å². The fourth-order valence-electron chi connectivity index (χ4n) is 1.75. The molecule has 0 aliphatic heterocycles. The molecule has 0 saturated carbocycles. The first kappa shape index (κ1) is 17.8. The number of hydrogen-bond acceptors (Lipinski definition) is 8. The van der Waals surface area contributed by atoms with Crippen molar-refractivity contribution in [1.29, 1.82) is 0 Å². The van der Waals surface area contributed by atoms with Crippen LogP contribution < -0.4 is 10.5 Å². The lowest BCUT2D eigenvalue weighted by atomic mass is 10.3. The van der Waals surface area contributed by atoms with Crippen LogP contribution >= 0.6 is 23.2 Å². The summed E-state index contributed by atoms with van der Waals surface area (Å²) in [6.07, 6.45) is 0. The molecule has 23 heavy (non-hydrogen) atoms. The second-order valence-corrected chi connectivity index (χ2v) is 7.04. The maximum atomic E-state index is 12.5. The Morgan fingerprint density at radius 2 is 1.17 bits per heavy atom. The van der Waals surface area contributed by atoms with E-state index in [0.29, 0.717) is 0 Å². The van der Waals surface area contributed by atoms with E-state index in [1.54, 1.807) is 0 Å². The SMILES string of the molecule is O=S(=O)(c1ccc(Cl)c(N([O-])O)c1)c1ccc(Cl)c(N([O-])O)c1. The predicted molar refractivity (Wildman–Crippen MR) is 83.6 cm³/mol. The average Bonchev–Trinajstić information content (AvgIpc) is 2.47. The van der Waals surface area contributed by atoms with Crippen molar-refractivity contribution in [3.05, 3.63) is 56.9 Å². The zero-order valence-electron chi connectivity index (χ0n) is 11.1. The molecule has 0 bridgehead atoms. The maximum absolute atomic E-state index is 12.5. The van der Waals surface area contributed by atoms with Crippen LogP contribution in [0.5, 0.6) is 0 Å². The largest absolute Gasteiger partial charge is 0.733 e. The zero-order chi connectivity index (χ0) is 17.4. The Morgan fingerprint density at radius 3 is 1.48 bits per heavy atom. The van der Waals surface area contributed by atoms with Crippen LogP contribution in [0.25, 0.3) is 0 Å². The normalized spacial score (nSPS) is 11.4. The van der Waals surface area contributed by atoms with E-state index in [-0.39, 0.29) is 19.8 Å². The molecule has 0 saturated heterocycles. The van der Waals surface area contributed by atoms with Crippen molar-refractivity contribution < 1.29 is 18.8 Å². The van der Waals surface area contributed by atoms with Gasteiger partial charge in [-0.25, -0.2) is 8.42 Å². The molecular formula is C12H8Cl2N2O6S-2. The maximum Gasteiger partial charge on any atom is 0.206 e. The number of anilines is 2. The minimum atomic E-state index is -4.16. The van der Waals surface area contributed by atoms with Gasteiger partial charge in [0.05, 0.1) is 31.2 Å². The first-order valence-corrected chi connectivity index (χ1v) is 8.05. The standard InChI is InChI=1S/C12H8Cl2N2O6S/c13-9-3-1-7(5-11(9)15(17)18)23(21,22)8-2-4-10(14)12(6-8)16(19)20/h1-6,17,19H/q-2. The van der Waals surface area contributed by atoms with Gasteiger partial charge in [-0.15, -0.1) is 0 Å². The fraction of sp³-hybridized carbons (Fsp3) is 0. The monoisotopic (exact) mass is 378 g/mol. The Kier molecular flexibility index (Phi) is 5.01. The van der Waals surface area contributed by atoms with Crippen molar-refractivity contribution in [2.75, 3.05) is 10.5 Å². The molecule has 0 fully saturated rings. The van der Waals surface area contributed by atoms with Crippen molar-refractivity contribution in [3.63, 3.8) is 0 Å². The summed E-state index contributed by atoms with van der Waals surface area (Å²) in [7, 11) is -4.16. The minimum Gasteiger partial charge on any atom is -0.733 e. The molecule has 0 radical (unpaired) electrons. The lowest BCUT2D eigenvalue weighted by Crippen LogP contribution is -2.11. The van der Waals surface area contributed by atoms with Crippen molar-refractivity contribution >= 4 is 44.4 Å². The van der Waals surface area contributed by atoms with E-state index in [9.17, 15) is 18.8 Å². The Morgan fingerprint density at radius 1 is 0.826 bits per heavy atom. The molecule has 0 spiro atoms. The van der Waals surface area contributed by atoms with Gasteiger partial charge in [0.1, 0.15) is 0 Å². The van der Waals surface area contributed by atoms with Gasteiger partial charge < -0.3 is 20.9 Å². The molecule has 0 aliphatic carbocycles. The van der Waals surface area contributed by atoms with Gasteiger partial charge in [-0.2, -0.15) is 0 Å². The summed E-state index contributed by atoms with van der Waals surface area (Å²) in [5.41, 5.74) is -0.927. The van der Waals surface area contributed by atoms with Gasteiger partial charge in [-0.1, -0.05) is 23.2 Å². The number of nitrogens with zero attached hydrogens (tertiary/aromatic N) is 2. The van der Waals surface area contributed by atoms with Gasteiger partial charge >= 0.3 is 0 Å². The highest BCUT2D eigenvalue weighted by Crippen LogP contribution is 2.33. The van der Waals surface area contributed by atoms with E-state index in [1.165, 1.54) is 0 Å². The van der Waals surface area contributed by atoms with Crippen molar-refractivity contribution in [1.82, 2.24) is 0 Å². The Balaban J connectivity index is 2.59. The van der Waals surface area contributed by atoms with Gasteiger partial charge in [-0.05, 0) is 36.4 Å². The summed E-state index contributed by atoms with van der Waals surface area (Å²) in [5.74, 6) is 0. The smallest absolute Gasteiger partial charge is 0.206 e. The van der Waals surface area contributed by atoms with E-state index in [4.69, 9.17) is 33.6 Å². The van der Waals surface area contributed by atoms with Crippen LogP contribution in [0.3, 0.4) is 0 Å². The molecule has 0 amide bonds. The van der Waals surface area contributed by atoms with Crippen molar-refractivity contribution in [2.24, 2.45) is 0 Å². The number of rotatable bonds is 4. The third-order valence-corrected chi connectivity index (χ3v) is 5.26. The van der Waals surface area contributed by atoms with E-state index in [2.05, 4.69) is 0 Å². The highest BCUT2D eigenvalue weighted by Gasteiger charge is 2.21. The highest BCUT2D eigenvalue weighted by atomic mass is 35.5. The first-order chi connectivity index (χ1) is 10.6. The van der Waals surface area contributed by atoms with E-state index in [0.717, 1.165) is 36.4 Å². The average molecular weight is 379 g/mol. The van der Waals surface area contributed by atoms with Crippen LogP contribution in [0.2, 0.25) is 10.0 Å². The summed E-state index contributed by atoms with van der Waals surface area (Å²) in [4.78, 5) is -0.703. The van der Waals surface area contributed by atoms with Crippen LogP contribution in [0.4, 0.5) is 11.4 Å². The third kappa shape index (κ3) is 3.51. The van der Waals surface area contributed by atoms with Gasteiger partial charge in [0, 0.05) is 0 Å². The summed E-state index contributed by atoms with van der Waals surface area (Å²) in [6, 6.07) is 6.21. The van der Waals surface area contributed by atoms with Crippen LogP contribution in [0.1, 0.15) is 0 Å². The summed E-state index contributed by atoms with van der Waals surface area (Å²) < 4.78 is 25.0. The summed E-state index contributed by atoms with van der Waals surface area (Å²) in [6.45, 7) is 0. The molecule has 0 heterocycles. The highest BCUT2D eigenvalue weighted by molar-refractivity contribution is 7.91. The lowest BCUT2D eigenvalue weighted by molar-refractivity contribution is 0.296. The molecule has 0 aliphatic rings.